The van der Waals surface area contributed by atoms with E-state index >= 15 is 4.39 Å². The number of fused-ring (bicyclic) bond motifs is 1. The van der Waals surface area contributed by atoms with Gasteiger partial charge in [0.25, 0.3) is 0 Å². The van der Waals surface area contributed by atoms with Crippen molar-refractivity contribution in [3.8, 4) is 0 Å². The van der Waals surface area contributed by atoms with Gasteiger partial charge in [-0.2, -0.15) is 0 Å². The van der Waals surface area contributed by atoms with E-state index in [9.17, 15) is 17.6 Å². The molecular formula is C24H28BF2N3O5S. The van der Waals surface area contributed by atoms with Gasteiger partial charge in [-0.25, -0.2) is 22.2 Å². The molecule has 0 spiro atoms. The Bertz CT molecular complexity index is 1440. The molecule has 1 aliphatic rings. The first-order valence-electron chi connectivity index (χ1n) is 11.6. The van der Waals surface area contributed by atoms with E-state index in [4.69, 9.17) is 9.31 Å². The number of carbonyl (C=O) groups excluding carboxylic acids is 1. The third-order valence-electron chi connectivity index (χ3n) is 7.00. The third-order valence-corrected chi connectivity index (χ3v) is 8.89. The largest absolute Gasteiger partial charge is 0.496 e. The average Bonchev–Trinajstić information content (AvgIpc) is 3.31. The fourth-order valence-corrected chi connectivity index (χ4v) is 4.87. The van der Waals surface area contributed by atoms with Crippen LogP contribution in [0.15, 0.2) is 30.6 Å². The molecule has 1 aromatic carbocycles. The number of nitrogens with one attached hydrogen (secondary N) is 2. The van der Waals surface area contributed by atoms with Gasteiger partial charge in [-0.05, 0) is 59.2 Å². The first-order valence-corrected chi connectivity index (χ1v) is 13.1. The molecule has 0 amide bonds. The Hall–Kier alpha value is -2.83. The van der Waals surface area contributed by atoms with Crippen molar-refractivity contribution in [1.82, 2.24) is 9.97 Å². The average molecular weight is 519 g/mol. The van der Waals surface area contributed by atoms with Crippen molar-refractivity contribution < 1.29 is 31.3 Å². The maximum atomic E-state index is 15.3. The summed E-state index contributed by atoms with van der Waals surface area (Å²) in [5.74, 6) is -3.38. The van der Waals surface area contributed by atoms with Gasteiger partial charge < -0.3 is 14.3 Å². The van der Waals surface area contributed by atoms with Gasteiger partial charge in [0, 0.05) is 28.8 Å². The molecule has 3 heterocycles. The van der Waals surface area contributed by atoms with Gasteiger partial charge in [-0.15, -0.1) is 0 Å². The van der Waals surface area contributed by atoms with E-state index < -0.39 is 62.3 Å². The van der Waals surface area contributed by atoms with Crippen LogP contribution in [0.1, 0.15) is 63.9 Å². The predicted molar refractivity (Wildman–Crippen MR) is 134 cm³/mol. The van der Waals surface area contributed by atoms with E-state index in [1.165, 1.54) is 13.1 Å². The zero-order chi connectivity index (χ0) is 26.6. The van der Waals surface area contributed by atoms with Crippen LogP contribution in [-0.4, -0.2) is 47.7 Å². The number of sulfonamides is 1. The van der Waals surface area contributed by atoms with Crippen LogP contribution in [0.4, 0.5) is 14.5 Å². The van der Waals surface area contributed by atoms with Crippen LogP contribution < -0.4 is 10.2 Å². The van der Waals surface area contributed by atoms with E-state index in [0.29, 0.717) is 16.5 Å². The summed E-state index contributed by atoms with van der Waals surface area (Å²) in [6, 6.07) is 3.43. The van der Waals surface area contributed by atoms with Crippen molar-refractivity contribution in [2.75, 3.05) is 4.72 Å². The molecule has 12 heteroatoms. The molecular weight excluding hydrogens is 491 g/mol. The minimum Gasteiger partial charge on any atom is -0.399 e. The van der Waals surface area contributed by atoms with E-state index in [1.807, 2.05) is 27.7 Å². The normalized spacial score (nSPS) is 17.9. The summed E-state index contributed by atoms with van der Waals surface area (Å²) in [7, 11) is -4.68. The van der Waals surface area contributed by atoms with Crippen molar-refractivity contribution in [2.24, 2.45) is 0 Å². The van der Waals surface area contributed by atoms with Crippen molar-refractivity contribution in [3.05, 3.63) is 53.4 Å². The molecule has 1 fully saturated rings. The molecule has 1 saturated heterocycles. The van der Waals surface area contributed by atoms with Gasteiger partial charge in [-0.1, -0.05) is 6.92 Å². The Morgan fingerprint density at radius 3 is 2.44 bits per heavy atom. The highest BCUT2D eigenvalue weighted by atomic mass is 32.2. The monoisotopic (exact) mass is 519 g/mol. The maximum absolute atomic E-state index is 15.3. The quantitative estimate of drug-likeness (QED) is 0.362. The second-order valence-electron chi connectivity index (χ2n) is 9.93. The van der Waals surface area contributed by atoms with Crippen LogP contribution in [-0.2, 0) is 19.3 Å². The van der Waals surface area contributed by atoms with Crippen LogP contribution >= 0.6 is 0 Å². The van der Waals surface area contributed by atoms with Crippen LogP contribution in [0.2, 0.25) is 0 Å². The van der Waals surface area contributed by atoms with Gasteiger partial charge >= 0.3 is 7.12 Å². The van der Waals surface area contributed by atoms with E-state index in [-0.39, 0.29) is 12.0 Å². The number of ketones is 1. The minimum absolute atomic E-state index is 0.0319. The van der Waals surface area contributed by atoms with Crippen LogP contribution in [0.3, 0.4) is 0 Å². The molecule has 0 radical (unpaired) electrons. The molecule has 2 aromatic heterocycles. The van der Waals surface area contributed by atoms with Gasteiger partial charge in [0.1, 0.15) is 11.5 Å². The number of hydrogen-bond donors (Lipinski definition) is 2. The first kappa shape index (κ1) is 26.2. The molecule has 0 aliphatic carbocycles. The van der Waals surface area contributed by atoms with E-state index in [0.717, 1.165) is 12.1 Å². The SMILES string of the molecule is CCC(C)S(=O)(=O)Nc1ccc(F)c(C(=O)c2c[nH]c3ncc(B4OC(C)(C)C(C)(C)O4)cc23)c1F. The Kier molecular flexibility index (Phi) is 6.51. The summed E-state index contributed by atoms with van der Waals surface area (Å²) >= 11 is 0. The van der Waals surface area contributed by atoms with E-state index in [2.05, 4.69) is 14.7 Å². The molecule has 1 atom stereocenters. The molecule has 2 N–H and O–H groups in total. The molecule has 1 unspecified atom stereocenters. The zero-order valence-corrected chi connectivity index (χ0v) is 21.7. The molecule has 192 valence electrons. The second kappa shape index (κ2) is 8.93. The molecule has 8 nitrogen and oxygen atoms in total. The number of aromatic amines is 1. The standard InChI is InChI=1S/C24H28BF2N3O5S/c1-7-13(2)36(32,33)30-18-9-8-17(26)19(20(18)27)21(31)16-12-29-22-15(16)10-14(11-28-22)25-34-23(3,4)24(5,6)35-25/h8-13,30H,7H2,1-6H3,(H,28,29). The Labute approximate surface area is 209 Å². The molecule has 3 aromatic rings. The summed E-state index contributed by atoms with van der Waals surface area (Å²) in [6.07, 6.45) is 3.14. The van der Waals surface area contributed by atoms with Gasteiger partial charge in [0.05, 0.1) is 27.7 Å². The summed E-state index contributed by atoms with van der Waals surface area (Å²) in [6.45, 7) is 10.7. The summed E-state index contributed by atoms with van der Waals surface area (Å²) in [5, 5.41) is -0.495. The smallest absolute Gasteiger partial charge is 0.399 e. The lowest BCUT2D eigenvalue weighted by atomic mass is 9.79. The number of H-pyrrole nitrogens is 1. The minimum atomic E-state index is -3.93. The molecule has 1 aliphatic heterocycles. The highest BCUT2D eigenvalue weighted by molar-refractivity contribution is 7.93. The number of benzene rings is 1. The highest BCUT2D eigenvalue weighted by Crippen LogP contribution is 2.36. The number of rotatable bonds is 7. The van der Waals surface area contributed by atoms with Crippen LogP contribution in [0.25, 0.3) is 11.0 Å². The van der Waals surface area contributed by atoms with E-state index in [1.54, 1.807) is 19.2 Å². The Morgan fingerprint density at radius 1 is 1.19 bits per heavy atom. The molecule has 0 saturated carbocycles. The number of aromatic nitrogens is 2. The summed E-state index contributed by atoms with van der Waals surface area (Å²) in [4.78, 5) is 20.5. The van der Waals surface area contributed by atoms with Crippen molar-refractivity contribution in [1.29, 1.82) is 0 Å². The first-order chi connectivity index (χ1) is 16.7. The van der Waals surface area contributed by atoms with Gasteiger partial charge in [-0.3, -0.25) is 9.52 Å². The lowest BCUT2D eigenvalue weighted by Crippen LogP contribution is -2.41. The topological polar surface area (TPSA) is 110 Å². The maximum Gasteiger partial charge on any atom is 0.496 e. The fraction of sp³-hybridized carbons (Fsp3) is 0.417. The number of carbonyl (C=O) groups is 1. The second-order valence-corrected chi connectivity index (χ2v) is 12.0. The fourth-order valence-electron chi connectivity index (χ4n) is 3.76. The number of hydrogen-bond acceptors (Lipinski definition) is 6. The number of anilines is 1. The lowest BCUT2D eigenvalue weighted by Gasteiger charge is -2.32. The van der Waals surface area contributed by atoms with Gasteiger partial charge in [0.15, 0.2) is 5.82 Å². The zero-order valence-electron chi connectivity index (χ0n) is 20.9. The Balaban J connectivity index is 1.74. The summed E-state index contributed by atoms with van der Waals surface area (Å²) < 4.78 is 69.1. The van der Waals surface area contributed by atoms with Crippen molar-refractivity contribution >= 4 is 45.1 Å². The number of halogens is 2. The van der Waals surface area contributed by atoms with Crippen LogP contribution in [0, 0.1) is 11.6 Å². The predicted octanol–water partition coefficient (Wildman–Crippen LogP) is 3.91. The van der Waals surface area contributed by atoms with Crippen molar-refractivity contribution in [3.63, 3.8) is 0 Å². The Morgan fingerprint density at radius 2 is 1.83 bits per heavy atom. The lowest BCUT2D eigenvalue weighted by molar-refractivity contribution is 0.00578. The molecule has 36 heavy (non-hydrogen) atoms. The number of nitrogens with zero attached hydrogens (tertiary/aromatic N) is 1. The summed E-state index contributed by atoms with van der Waals surface area (Å²) in [5.41, 5.74) is -1.75. The number of pyridine rings is 1. The van der Waals surface area contributed by atoms with Crippen molar-refractivity contribution in [2.45, 2.75) is 64.4 Å². The highest BCUT2D eigenvalue weighted by Gasteiger charge is 2.52. The third kappa shape index (κ3) is 4.42. The molecule has 4 rings (SSSR count). The van der Waals surface area contributed by atoms with Gasteiger partial charge in [0.2, 0.25) is 15.8 Å². The molecule has 0 bridgehead atoms. The van der Waals surface area contributed by atoms with Crippen LogP contribution in [0.5, 0.6) is 0 Å².